The van der Waals surface area contributed by atoms with Crippen molar-refractivity contribution in [1.29, 1.82) is 0 Å². The number of nitrogens with zero attached hydrogens (tertiary/aromatic N) is 1. The first-order valence-corrected chi connectivity index (χ1v) is 14.0. The number of rotatable bonds is 9. The number of phenolic OH excluding ortho intramolecular Hbond substituents is 1. The summed E-state index contributed by atoms with van der Waals surface area (Å²) in [6, 6.07) is 8.99. The zero-order chi connectivity index (χ0) is 29.8. The van der Waals surface area contributed by atoms with Crippen LogP contribution in [0.2, 0.25) is 0 Å². The Morgan fingerprint density at radius 1 is 1.15 bits per heavy atom. The van der Waals surface area contributed by atoms with Crippen molar-refractivity contribution in [3.05, 3.63) is 62.9 Å². The normalized spacial score (nSPS) is 15.6. The number of hydrogen-bond acceptors (Lipinski definition) is 7. The Bertz CT molecular complexity index is 1550. The van der Waals surface area contributed by atoms with Crippen molar-refractivity contribution < 1.29 is 28.7 Å². The average Bonchev–Trinajstić information content (AvgIpc) is 3.41. The molecule has 1 fully saturated rings. The fourth-order valence-electron chi connectivity index (χ4n) is 4.89. The molecule has 0 bridgehead atoms. The summed E-state index contributed by atoms with van der Waals surface area (Å²) in [4.78, 5) is 66.2. The average molecular weight is 627 g/mol. The van der Waals surface area contributed by atoms with Crippen LogP contribution in [0.1, 0.15) is 43.7 Å². The van der Waals surface area contributed by atoms with Crippen molar-refractivity contribution in [3.8, 4) is 16.9 Å². The van der Waals surface area contributed by atoms with E-state index in [4.69, 9.17) is 10.2 Å². The standard InChI is InChI=1S/C29H31BrN4O7/c1-15(2)12-20(27(38)32-14-23(31)36)33-28(39)21-4-3-11-34(21)29(40)26-24(16-5-7-17(30)8-6-16)25(37)19-10-9-18(35)13-22(19)41-26/h5-10,13,15,20-21,35H,3-4,11-12,14H2,1-2H3,(H2,31,36)(H,32,38)(H,33,39). The molecule has 2 unspecified atom stereocenters. The van der Waals surface area contributed by atoms with Gasteiger partial charge in [-0.25, -0.2) is 0 Å². The molecule has 0 aliphatic carbocycles. The lowest BCUT2D eigenvalue weighted by Crippen LogP contribution is -2.54. The number of nitrogens with one attached hydrogen (secondary N) is 2. The zero-order valence-corrected chi connectivity index (χ0v) is 24.2. The summed E-state index contributed by atoms with van der Waals surface area (Å²) in [6.45, 7) is 3.62. The number of amides is 4. The van der Waals surface area contributed by atoms with Gasteiger partial charge in [-0.3, -0.25) is 24.0 Å². The Hall–Kier alpha value is -4.19. The maximum Gasteiger partial charge on any atom is 0.291 e. The van der Waals surface area contributed by atoms with Crippen LogP contribution >= 0.6 is 15.9 Å². The molecule has 2 aromatic carbocycles. The van der Waals surface area contributed by atoms with Crippen molar-refractivity contribution in [2.45, 2.75) is 45.2 Å². The summed E-state index contributed by atoms with van der Waals surface area (Å²) in [6.07, 6.45) is 1.15. The maximum absolute atomic E-state index is 14.0. The lowest BCUT2D eigenvalue weighted by molar-refractivity contribution is -0.132. The van der Waals surface area contributed by atoms with Gasteiger partial charge in [-0.15, -0.1) is 0 Å². The molecule has 1 aromatic heterocycles. The smallest absolute Gasteiger partial charge is 0.291 e. The summed E-state index contributed by atoms with van der Waals surface area (Å²) in [5.74, 6) is -2.83. The highest BCUT2D eigenvalue weighted by Crippen LogP contribution is 2.30. The minimum absolute atomic E-state index is 0.0301. The van der Waals surface area contributed by atoms with Crippen LogP contribution in [0.4, 0.5) is 0 Å². The van der Waals surface area contributed by atoms with E-state index in [0.717, 1.165) is 4.47 Å². The fraction of sp³-hybridized carbons (Fsp3) is 0.345. The molecule has 2 atom stereocenters. The number of carbonyl (C=O) groups is 4. The summed E-state index contributed by atoms with van der Waals surface area (Å²) in [7, 11) is 0. The van der Waals surface area contributed by atoms with Crippen LogP contribution in [0.25, 0.3) is 22.1 Å². The molecule has 1 aliphatic heterocycles. The molecular weight excluding hydrogens is 596 g/mol. The van der Waals surface area contributed by atoms with E-state index in [0.29, 0.717) is 24.8 Å². The number of carbonyl (C=O) groups excluding carboxylic acids is 4. The lowest BCUT2D eigenvalue weighted by Gasteiger charge is -2.27. The van der Waals surface area contributed by atoms with Gasteiger partial charge in [0.2, 0.25) is 28.9 Å². The number of primary amides is 1. The second-order valence-electron chi connectivity index (χ2n) is 10.4. The van der Waals surface area contributed by atoms with Crippen molar-refractivity contribution in [2.75, 3.05) is 13.1 Å². The molecule has 3 aromatic rings. The van der Waals surface area contributed by atoms with Gasteiger partial charge >= 0.3 is 0 Å². The molecule has 12 heteroatoms. The fourth-order valence-corrected chi connectivity index (χ4v) is 5.16. The molecule has 5 N–H and O–H groups in total. The molecule has 4 rings (SSSR count). The van der Waals surface area contributed by atoms with Gasteiger partial charge in [-0.2, -0.15) is 0 Å². The van der Waals surface area contributed by atoms with Crippen molar-refractivity contribution in [3.63, 3.8) is 0 Å². The van der Waals surface area contributed by atoms with Gasteiger partial charge in [0.25, 0.3) is 5.91 Å². The molecule has 1 aliphatic rings. The van der Waals surface area contributed by atoms with Crippen molar-refractivity contribution in [1.82, 2.24) is 15.5 Å². The van der Waals surface area contributed by atoms with Crippen molar-refractivity contribution >= 4 is 50.5 Å². The number of benzene rings is 2. The van der Waals surface area contributed by atoms with E-state index in [1.165, 1.54) is 23.1 Å². The number of aromatic hydroxyl groups is 1. The molecule has 0 saturated carbocycles. The summed E-state index contributed by atoms with van der Waals surface area (Å²) < 4.78 is 6.74. The molecule has 41 heavy (non-hydrogen) atoms. The summed E-state index contributed by atoms with van der Waals surface area (Å²) in [5, 5.41) is 15.3. The van der Waals surface area contributed by atoms with E-state index in [-0.39, 0.29) is 47.0 Å². The number of likely N-dealkylation sites (tertiary alicyclic amines) is 1. The largest absolute Gasteiger partial charge is 0.508 e. The molecular formula is C29H31BrN4O7. The van der Waals surface area contributed by atoms with Gasteiger partial charge < -0.3 is 30.8 Å². The van der Waals surface area contributed by atoms with Crippen LogP contribution in [-0.4, -0.2) is 58.8 Å². The van der Waals surface area contributed by atoms with Crippen LogP contribution in [-0.2, 0) is 14.4 Å². The Labute approximate surface area is 244 Å². The van der Waals surface area contributed by atoms with Gasteiger partial charge in [0.15, 0.2) is 0 Å². The zero-order valence-electron chi connectivity index (χ0n) is 22.6. The number of hydrogen-bond donors (Lipinski definition) is 4. The van der Waals surface area contributed by atoms with Crippen molar-refractivity contribution in [2.24, 2.45) is 11.7 Å². The Morgan fingerprint density at radius 3 is 2.51 bits per heavy atom. The van der Waals surface area contributed by atoms with E-state index in [1.807, 2.05) is 13.8 Å². The van der Waals surface area contributed by atoms with E-state index in [9.17, 15) is 29.1 Å². The van der Waals surface area contributed by atoms with Gasteiger partial charge in [0, 0.05) is 17.1 Å². The highest BCUT2D eigenvalue weighted by atomic mass is 79.9. The van der Waals surface area contributed by atoms with Crippen LogP contribution in [0.15, 0.2) is 56.1 Å². The van der Waals surface area contributed by atoms with E-state index >= 15 is 0 Å². The third-order valence-corrected chi connectivity index (χ3v) is 7.33. The molecule has 1 saturated heterocycles. The van der Waals surface area contributed by atoms with Crippen LogP contribution < -0.4 is 21.8 Å². The number of nitrogens with two attached hydrogens (primary N) is 1. The Kier molecular flexibility index (Phi) is 9.11. The predicted octanol–water partition coefficient (Wildman–Crippen LogP) is 2.67. The first kappa shape index (κ1) is 29.8. The van der Waals surface area contributed by atoms with Gasteiger partial charge in [-0.05, 0) is 55.0 Å². The minimum Gasteiger partial charge on any atom is -0.508 e. The number of halogens is 1. The number of fused-ring (bicyclic) bond motifs is 1. The van der Waals surface area contributed by atoms with Crippen LogP contribution in [0.5, 0.6) is 5.75 Å². The molecule has 11 nitrogen and oxygen atoms in total. The van der Waals surface area contributed by atoms with Gasteiger partial charge in [0.05, 0.1) is 17.5 Å². The summed E-state index contributed by atoms with van der Waals surface area (Å²) >= 11 is 3.37. The van der Waals surface area contributed by atoms with Crippen LogP contribution in [0.3, 0.4) is 0 Å². The molecule has 4 amide bonds. The molecule has 2 heterocycles. The quantitative estimate of drug-likeness (QED) is 0.282. The predicted molar refractivity (Wildman–Crippen MR) is 155 cm³/mol. The first-order valence-electron chi connectivity index (χ1n) is 13.2. The Morgan fingerprint density at radius 2 is 1.85 bits per heavy atom. The van der Waals surface area contributed by atoms with E-state index in [2.05, 4.69) is 26.6 Å². The maximum atomic E-state index is 14.0. The SMILES string of the molecule is CC(C)CC(NC(=O)C1CCCN1C(=O)c1oc2cc(O)ccc2c(=O)c1-c1ccc(Br)cc1)C(=O)NCC(N)=O. The van der Waals surface area contributed by atoms with E-state index in [1.54, 1.807) is 24.3 Å². The third-order valence-electron chi connectivity index (χ3n) is 6.80. The summed E-state index contributed by atoms with van der Waals surface area (Å²) in [5.41, 5.74) is 5.19. The second kappa shape index (κ2) is 12.5. The second-order valence-corrected chi connectivity index (χ2v) is 11.3. The van der Waals surface area contributed by atoms with Crippen LogP contribution in [0, 0.1) is 5.92 Å². The topological polar surface area (TPSA) is 172 Å². The molecule has 0 radical (unpaired) electrons. The van der Waals surface area contributed by atoms with Gasteiger partial charge in [0.1, 0.15) is 23.4 Å². The highest BCUT2D eigenvalue weighted by Gasteiger charge is 2.38. The Balaban J connectivity index is 1.69. The third kappa shape index (κ3) is 6.76. The molecule has 0 spiro atoms. The number of phenols is 1. The lowest BCUT2D eigenvalue weighted by atomic mass is 10.0. The van der Waals surface area contributed by atoms with Gasteiger partial charge in [-0.1, -0.05) is 41.9 Å². The first-order chi connectivity index (χ1) is 19.5. The minimum atomic E-state index is -0.945. The highest BCUT2D eigenvalue weighted by molar-refractivity contribution is 9.10. The monoisotopic (exact) mass is 626 g/mol. The molecule has 216 valence electrons. The van der Waals surface area contributed by atoms with E-state index < -0.39 is 41.1 Å².